The van der Waals surface area contributed by atoms with Crippen molar-refractivity contribution in [3.05, 3.63) is 59.5 Å². The molecule has 1 unspecified atom stereocenters. The molecule has 3 aromatic heterocycles. The van der Waals surface area contributed by atoms with Crippen LogP contribution in [-0.2, 0) is 4.79 Å². The predicted molar refractivity (Wildman–Crippen MR) is 105 cm³/mol. The molecular formula is C20H19N7O2. The van der Waals surface area contributed by atoms with E-state index in [0.717, 1.165) is 22.6 Å². The first-order valence-corrected chi connectivity index (χ1v) is 9.43. The second kappa shape index (κ2) is 6.69. The minimum atomic E-state index is -0.0816. The molecule has 29 heavy (non-hydrogen) atoms. The number of benzene rings is 1. The second-order valence-corrected chi connectivity index (χ2v) is 6.89. The Labute approximate surface area is 166 Å². The van der Waals surface area contributed by atoms with Crippen molar-refractivity contribution in [3.63, 3.8) is 0 Å². The summed E-state index contributed by atoms with van der Waals surface area (Å²) in [6.45, 7) is 4.52. The van der Waals surface area contributed by atoms with E-state index in [-0.39, 0.29) is 11.8 Å². The highest BCUT2D eigenvalue weighted by Gasteiger charge is 2.33. The van der Waals surface area contributed by atoms with Crippen LogP contribution in [0.5, 0.6) is 5.75 Å². The van der Waals surface area contributed by atoms with Crippen molar-refractivity contribution in [1.82, 2.24) is 29.6 Å². The van der Waals surface area contributed by atoms with Crippen molar-refractivity contribution >= 4 is 17.4 Å². The maximum Gasteiger partial charge on any atom is 0.226 e. The van der Waals surface area contributed by atoms with Gasteiger partial charge in [0.05, 0.1) is 12.3 Å². The lowest BCUT2D eigenvalue weighted by Gasteiger charge is -2.24. The second-order valence-electron chi connectivity index (χ2n) is 6.89. The molecule has 0 aliphatic carbocycles. The lowest BCUT2D eigenvalue weighted by Crippen LogP contribution is -2.25. The van der Waals surface area contributed by atoms with Gasteiger partial charge in [-0.2, -0.15) is 14.3 Å². The molecule has 0 saturated heterocycles. The van der Waals surface area contributed by atoms with Crippen molar-refractivity contribution in [1.29, 1.82) is 0 Å². The van der Waals surface area contributed by atoms with Crippen LogP contribution in [0.2, 0.25) is 0 Å². The minimum absolute atomic E-state index is 0.0529. The molecule has 9 heteroatoms. The van der Waals surface area contributed by atoms with Crippen molar-refractivity contribution in [2.75, 3.05) is 11.9 Å². The van der Waals surface area contributed by atoms with Crippen LogP contribution in [0.1, 0.15) is 36.1 Å². The number of carbonyl (C=O) groups is 1. The van der Waals surface area contributed by atoms with Crippen molar-refractivity contribution in [2.45, 2.75) is 26.2 Å². The van der Waals surface area contributed by atoms with Crippen LogP contribution in [0.25, 0.3) is 11.5 Å². The Kier molecular flexibility index (Phi) is 4.01. The lowest BCUT2D eigenvalue weighted by molar-refractivity contribution is -0.116. The van der Waals surface area contributed by atoms with E-state index in [1.165, 1.54) is 6.33 Å². The number of rotatable bonds is 4. The topological polar surface area (TPSA) is 99.2 Å². The van der Waals surface area contributed by atoms with Crippen molar-refractivity contribution < 1.29 is 9.53 Å². The molecule has 0 saturated carbocycles. The van der Waals surface area contributed by atoms with Gasteiger partial charge in [0.1, 0.15) is 17.9 Å². The monoisotopic (exact) mass is 389 g/mol. The molecule has 1 atom stereocenters. The fourth-order valence-corrected chi connectivity index (χ4v) is 3.79. The highest BCUT2D eigenvalue weighted by Crippen LogP contribution is 2.40. The number of fused-ring (bicyclic) bond motifs is 2. The summed E-state index contributed by atoms with van der Waals surface area (Å²) in [6, 6.07) is 11.5. The third-order valence-electron chi connectivity index (χ3n) is 5.06. The Hall–Kier alpha value is -3.75. The van der Waals surface area contributed by atoms with Gasteiger partial charge in [0.2, 0.25) is 5.91 Å². The zero-order chi connectivity index (χ0) is 20.0. The fraction of sp³-hybridized carbons (Fsp3) is 0.250. The van der Waals surface area contributed by atoms with E-state index in [9.17, 15) is 4.79 Å². The van der Waals surface area contributed by atoms with Gasteiger partial charge in [-0.1, -0.05) is 12.1 Å². The smallest absolute Gasteiger partial charge is 0.226 e. The summed E-state index contributed by atoms with van der Waals surface area (Å²) in [6.07, 6.45) is 1.90. The van der Waals surface area contributed by atoms with Gasteiger partial charge in [0.25, 0.3) is 0 Å². The molecule has 0 radical (unpaired) electrons. The number of carbonyl (C=O) groups excluding carboxylic acids is 1. The zero-order valence-corrected chi connectivity index (χ0v) is 16.0. The van der Waals surface area contributed by atoms with Crippen LogP contribution in [0, 0.1) is 6.92 Å². The standard InChI is InChI=1S/C20H19N7O2/c1-3-29-14-6-4-13(5-7-14)15-10-18(28)22-20-19(15)12(2)24-27(20)17-9-8-16-23-21-11-26(16)25-17/h4-9,11,15H,3,10H2,1-2H3,(H,22,28). The molecule has 4 aromatic rings. The first-order valence-electron chi connectivity index (χ1n) is 9.43. The number of ether oxygens (including phenoxy) is 1. The molecule has 1 aromatic carbocycles. The number of amides is 1. The Morgan fingerprint density at radius 3 is 2.79 bits per heavy atom. The van der Waals surface area contributed by atoms with Gasteiger partial charge in [-0.25, -0.2) is 0 Å². The molecule has 1 amide bonds. The Balaban J connectivity index is 1.60. The summed E-state index contributed by atoms with van der Waals surface area (Å²) in [4.78, 5) is 12.5. The molecule has 1 aliphatic heterocycles. The summed E-state index contributed by atoms with van der Waals surface area (Å²) < 4.78 is 8.78. The zero-order valence-electron chi connectivity index (χ0n) is 16.0. The normalized spacial score (nSPS) is 15.9. The van der Waals surface area contributed by atoms with Gasteiger partial charge in [-0.3, -0.25) is 4.79 Å². The summed E-state index contributed by atoms with van der Waals surface area (Å²) in [5.74, 6) is 1.91. The van der Waals surface area contributed by atoms with Crippen LogP contribution >= 0.6 is 0 Å². The third-order valence-corrected chi connectivity index (χ3v) is 5.06. The van der Waals surface area contributed by atoms with Gasteiger partial charge in [-0.15, -0.1) is 15.3 Å². The lowest BCUT2D eigenvalue weighted by atomic mass is 9.86. The molecule has 0 bridgehead atoms. The van der Waals surface area contributed by atoms with E-state index < -0.39 is 0 Å². The van der Waals surface area contributed by atoms with Crippen LogP contribution < -0.4 is 10.1 Å². The third kappa shape index (κ3) is 2.91. The van der Waals surface area contributed by atoms with Gasteiger partial charge in [0, 0.05) is 17.9 Å². The fourth-order valence-electron chi connectivity index (χ4n) is 3.79. The van der Waals surface area contributed by atoms with Gasteiger partial charge in [-0.05, 0) is 43.7 Å². The van der Waals surface area contributed by atoms with Crippen molar-refractivity contribution in [2.24, 2.45) is 0 Å². The van der Waals surface area contributed by atoms with Crippen molar-refractivity contribution in [3.8, 4) is 11.6 Å². The van der Waals surface area contributed by atoms with Crippen LogP contribution in [0.3, 0.4) is 0 Å². The van der Waals surface area contributed by atoms with E-state index in [0.29, 0.717) is 30.3 Å². The Morgan fingerprint density at radius 2 is 2.00 bits per heavy atom. The quantitative estimate of drug-likeness (QED) is 0.576. The summed E-state index contributed by atoms with van der Waals surface area (Å²) >= 11 is 0. The van der Waals surface area contributed by atoms with E-state index in [1.807, 2.05) is 50.2 Å². The number of aryl methyl sites for hydroxylation is 1. The number of aromatic nitrogens is 6. The largest absolute Gasteiger partial charge is 0.494 e. The summed E-state index contributed by atoms with van der Waals surface area (Å²) in [7, 11) is 0. The molecular weight excluding hydrogens is 370 g/mol. The van der Waals surface area contributed by atoms with Crippen LogP contribution in [0.4, 0.5) is 5.82 Å². The molecule has 0 fully saturated rings. The maximum absolute atomic E-state index is 12.5. The Bertz CT molecular complexity index is 1210. The van der Waals surface area contributed by atoms with Crippen LogP contribution in [-0.4, -0.2) is 42.1 Å². The van der Waals surface area contributed by atoms with Crippen LogP contribution in [0.15, 0.2) is 42.7 Å². The molecule has 0 spiro atoms. The van der Waals surface area contributed by atoms with Gasteiger partial charge in [0.15, 0.2) is 11.5 Å². The molecule has 1 N–H and O–H groups in total. The van der Waals surface area contributed by atoms with Gasteiger partial charge < -0.3 is 10.1 Å². The number of hydrogen-bond donors (Lipinski definition) is 1. The number of nitrogens with zero attached hydrogens (tertiary/aromatic N) is 6. The first kappa shape index (κ1) is 17.4. The number of nitrogens with one attached hydrogen (secondary N) is 1. The van der Waals surface area contributed by atoms with E-state index in [1.54, 1.807) is 9.20 Å². The predicted octanol–water partition coefficient (Wildman–Crippen LogP) is 2.49. The Morgan fingerprint density at radius 1 is 1.17 bits per heavy atom. The first-order chi connectivity index (χ1) is 14.1. The SMILES string of the molecule is CCOc1ccc(C2CC(=O)Nc3c2c(C)nn3-c2ccc3nncn3n2)cc1. The van der Waals surface area contributed by atoms with E-state index in [4.69, 9.17) is 4.74 Å². The minimum Gasteiger partial charge on any atom is -0.494 e. The summed E-state index contributed by atoms with van der Waals surface area (Å²) in [5.41, 5.74) is 3.54. The average molecular weight is 389 g/mol. The van der Waals surface area contributed by atoms with E-state index >= 15 is 0 Å². The number of anilines is 1. The molecule has 9 nitrogen and oxygen atoms in total. The van der Waals surface area contributed by atoms with Gasteiger partial charge >= 0.3 is 0 Å². The molecule has 1 aliphatic rings. The highest BCUT2D eigenvalue weighted by molar-refractivity contribution is 5.95. The summed E-state index contributed by atoms with van der Waals surface area (Å²) in [5, 5.41) is 20.0. The highest BCUT2D eigenvalue weighted by atomic mass is 16.5. The number of hydrogen-bond acceptors (Lipinski definition) is 6. The molecule has 146 valence electrons. The molecule has 4 heterocycles. The van der Waals surface area contributed by atoms with E-state index in [2.05, 4.69) is 25.7 Å². The molecule has 5 rings (SSSR count). The maximum atomic E-state index is 12.5. The average Bonchev–Trinajstić information content (AvgIpc) is 3.32.